The molecule has 4 rings (SSSR count). The quantitative estimate of drug-likeness (QED) is 0.346. The van der Waals surface area contributed by atoms with Gasteiger partial charge in [-0.3, -0.25) is 4.79 Å². The molecule has 4 aromatic rings. The summed E-state index contributed by atoms with van der Waals surface area (Å²) in [7, 11) is 3.09. The number of rotatable bonds is 9. The first-order valence-corrected chi connectivity index (χ1v) is 11.0. The van der Waals surface area contributed by atoms with Crippen LogP contribution in [-0.4, -0.2) is 35.4 Å². The van der Waals surface area contributed by atoms with Crippen molar-refractivity contribution in [1.82, 2.24) is 9.55 Å². The van der Waals surface area contributed by atoms with Crippen molar-refractivity contribution in [2.24, 2.45) is 0 Å². The van der Waals surface area contributed by atoms with Crippen molar-refractivity contribution in [3.8, 4) is 22.8 Å². The summed E-state index contributed by atoms with van der Waals surface area (Å²) in [6, 6.07) is 15.1. The third kappa shape index (κ3) is 5.38. The van der Waals surface area contributed by atoms with Crippen molar-refractivity contribution in [2.45, 2.75) is 11.7 Å². The van der Waals surface area contributed by atoms with Crippen molar-refractivity contribution >= 4 is 23.4 Å². The average molecular weight is 468 g/mol. The Morgan fingerprint density at radius 3 is 2.67 bits per heavy atom. The van der Waals surface area contributed by atoms with Crippen molar-refractivity contribution < 1.29 is 23.1 Å². The van der Waals surface area contributed by atoms with Crippen LogP contribution in [0.1, 0.15) is 5.76 Å². The molecule has 0 unspecified atom stereocenters. The van der Waals surface area contributed by atoms with E-state index in [9.17, 15) is 9.18 Å². The number of aromatic nitrogens is 2. The predicted octanol–water partition coefficient (Wildman–Crippen LogP) is 5.08. The molecule has 0 aliphatic heterocycles. The van der Waals surface area contributed by atoms with E-state index in [2.05, 4.69) is 10.3 Å². The molecule has 9 heteroatoms. The topological polar surface area (TPSA) is 78.5 Å². The van der Waals surface area contributed by atoms with Gasteiger partial charge < -0.3 is 23.8 Å². The zero-order valence-electron chi connectivity index (χ0n) is 18.1. The normalized spacial score (nSPS) is 10.8. The second-order valence-electron chi connectivity index (χ2n) is 7.00. The molecule has 170 valence electrons. The van der Waals surface area contributed by atoms with Crippen molar-refractivity contribution in [2.75, 3.05) is 25.3 Å². The SMILES string of the molecule is COc1ccc(NC(=O)CSc2ncc(-c3ccc(F)cc3)n2Cc2ccco2)c(OC)c1. The number of carbonyl (C=O) groups excluding carboxylic acids is 1. The van der Waals surface area contributed by atoms with Gasteiger partial charge in [0.2, 0.25) is 5.91 Å². The van der Waals surface area contributed by atoms with Crippen molar-refractivity contribution in [3.05, 3.63) is 78.6 Å². The Kier molecular flexibility index (Phi) is 6.99. The molecular formula is C24H22FN3O4S. The maximum Gasteiger partial charge on any atom is 0.234 e. The fraction of sp³-hybridized carbons (Fsp3) is 0.167. The molecule has 0 aliphatic rings. The summed E-state index contributed by atoms with van der Waals surface area (Å²) < 4.78 is 31.4. The number of amides is 1. The van der Waals surface area contributed by atoms with E-state index in [1.807, 2.05) is 16.7 Å². The summed E-state index contributed by atoms with van der Waals surface area (Å²) in [6.45, 7) is 0.427. The molecule has 7 nitrogen and oxygen atoms in total. The van der Waals surface area contributed by atoms with E-state index in [1.165, 1.54) is 31.0 Å². The Hall–Kier alpha value is -3.72. The van der Waals surface area contributed by atoms with Crippen LogP contribution in [0.25, 0.3) is 11.3 Å². The summed E-state index contributed by atoms with van der Waals surface area (Å²) >= 11 is 1.29. The lowest BCUT2D eigenvalue weighted by atomic mass is 10.1. The number of nitrogens with one attached hydrogen (secondary N) is 1. The van der Waals surface area contributed by atoms with E-state index in [-0.39, 0.29) is 17.5 Å². The molecule has 0 fully saturated rings. The lowest BCUT2D eigenvalue weighted by Gasteiger charge is -2.12. The van der Waals surface area contributed by atoms with E-state index >= 15 is 0 Å². The van der Waals surface area contributed by atoms with Gasteiger partial charge >= 0.3 is 0 Å². The Balaban J connectivity index is 1.51. The minimum atomic E-state index is -0.309. The van der Waals surface area contributed by atoms with E-state index in [0.29, 0.717) is 28.9 Å². The molecule has 0 atom stereocenters. The molecule has 0 aliphatic carbocycles. The lowest BCUT2D eigenvalue weighted by molar-refractivity contribution is -0.113. The number of nitrogens with zero attached hydrogens (tertiary/aromatic N) is 2. The third-order valence-electron chi connectivity index (χ3n) is 4.87. The Morgan fingerprint density at radius 1 is 1.15 bits per heavy atom. The third-order valence-corrected chi connectivity index (χ3v) is 5.86. The van der Waals surface area contributed by atoms with Gasteiger partial charge in [0.25, 0.3) is 0 Å². The highest BCUT2D eigenvalue weighted by Gasteiger charge is 2.16. The van der Waals surface area contributed by atoms with Gasteiger partial charge in [0.1, 0.15) is 23.1 Å². The molecule has 2 aromatic heterocycles. The van der Waals surface area contributed by atoms with Crippen LogP contribution >= 0.6 is 11.8 Å². The van der Waals surface area contributed by atoms with Gasteiger partial charge in [0.05, 0.1) is 50.4 Å². The van der Waals surface area contributed by atoms with E-state index in [4.69, 9.17) is 13.9 Å². The number of methoxy groups -OCH3 is 2. The van der Waals surface area contributed by atoms with Gasteiger partial charge in [-0.2, -0.15) is 0 Å². The van der Waals surface area contributed by atoms with Crippen molar-refractivity contribution in [3.63, 3.8) is 0 Å². The average Bonchev–Trinajstić information content (AvgIpc) is 3.49. The first kappa shape index (κ1) is 22.5. The van der Waals surface area contributed by atoms with Gasteiger partial charge in [0.15, 0.2) is 5.16 Å². The Labute approximate surface area is 194 Å². The Morgan fingerprint density at radius 2 is 1.97 bits per heavy atom. The summed E-state index contributed by atoms with van der Waals surface area (Å²) in [6.07, 6.45) is 3.31. The van der Waals surface area contributed by atoms with Crippen LogP contribution in [0.2, 0.25) is 0 Å². The molecule has 1 N–H and O–H groups in total. The van der Waals surface area contributed by atoms with Gasteiger partial charge in [-0.25, -0.2) is 9.37 Å². The van der Waals surface area contributed by atoms with Crippen LogP contribution in [0, 0.1) is 5.82 Å². The maximum atomic E-state index is 13.4. The number of halogens is 1. The highest BCUT2D eigenvalue weighted by Crippen LogP contribution is 2.30. The predicted molar refractivity (Wildman–Crippen MR) is 124 cm³/mol. The highest BCUT2D eigenvalue weighted by atomic mass is 32.2. The minimum absolute atomic E-state index is 0.132. The maximum absolute atomic E-state index is 13.4. The molecule has 0 spiro atoms. The van der Waals surface area contributed by atoms with Crippen LogP contribution < -0.4 is 14.8 Å². The molecule has 0 radical (unpaired) electrons. The number of thioether (sulfide) groups is 1. The highest BCUT2D eigenvalue weighted by molar-refractivity contribution is 7.99. The Bertz CT molecular complexity index is 1220. The fourth-order valence-electron chi connectivity index (χ4n) is 3.25. The molecular weight excluding hydrogens is 445 g/mol. The summed E-state index contributed by atoms with van der Waals surface area (Å²) in [4.78, 5) is 17.1. The van der Waals surface area contributed by atoms with Crippen LogP contribution in [0.5, 0.6) is 11.5 Å². The number of carbonyl (C=O) groups is 1. The van der Waals surface area contributed by atoms with Gasteiger partial charge in [0, 0.05) is 6.07 Å². The summed E-state index contributed by atoms with van der Waals surface area (Å²) in [5, 5.41) is 3.50. The minimum Gasteiger partial charge on any atom is -0.497 e. The molecule has 33 heavy (non-hydrogen) atoms. The molecule has 0 saturated carbocycles. The van der Waals surface area contributed by atoms with E-state index in [1.54, 1.807) is 49.9 Å². The smallest absolute Gasteiger partial charge is 0.234 e. The number of benzene rings is 2. The molecule has 2 aromatic carbocycles. The zero-order chi connectivity index (χ0) is 23.2. The number of hydrogen-bond donors (Lipinski definition) is 1. The van der Waals surface area contributed by atoms with E-state index < -0.39 is 0 Å². The number of furan rings is 1. The molecule has 2 heterocycles. The standard InChI is InChI=1S/C24H22FN3O4S/c1-30-18-9-10-20(22(12-18)31-2)27-23(29)15-33-24-26-13-21(16-5-7-17(25)8-6-16)28(24)14-19-4-3-11-32-19/h3-13H,14-15H2,1-2H3,(H,27,29). The van der Waals surface area contributed by atoms with Gasteiger partial charge in [-0.05, 0) is 54.1 Å². The van der Waals surface area contributed by atoms with Crippen LogP contribution in [0.15, 0.2) is 76.6 Å². The van der Waals surface area contributed by atoms with Crippen molar-refractivity contribution in [1.29, 1.82) is 0 Å². The first-order valence-electron chi connectivity index (χ1n) is 10.1. The summed E-state index contributed by atoms with van der Waals surface area (Å²) in [5.74, 6) is 1.49. The largest absolute Gasteiger partial charge is 0.497 e. The van der Waals surface area contributed by atoms with Gasteiger partial charge in [-0.15, -0.1) is 0 Å². The summed E-state index contributed by atoms with van der Waals surface area (Å²) in [5.41, 5.74) is 2.16. The second-order valence-corrected chi connectivity index (χ2v) is 7.94. The second kappa shape index (κ2) is 10.3. The zero-order valence-corrected chi connectivity index (χ0v) is 18.9. The van der Waals surface area contributed by atoms with Gasteiger partial charge in [-0.1, -0.05) is 11.8 Å². The number of imidazole rings is 1. The molecule has 0 saturated heterocycles. The molecule has 0 bridgehead atoms. The number of anilines is 1. The first-order chi connectivity index (χ1) is 16.1. The van der Waals surface area contributed by atoms with Crippen LogP contribution in [-0.2, 0) is 11.3 Å². The number of hydrogen-bond acceptors (Lipinski definition) is 6. The fourth-order valence-corrected chi connectivity index (χ4v) is 4.03. The monoisotopic (exact) mass is 467 g/mol. The molecule has 1 amide bonds. The van der Waals surface area contributed by atoms with Crippen LogP contribution in [0.4, 0.5) is 10.1 Å². The van der Waals surface area contributed by atoms with E-state index in [0.717, 1.165) is 17.0 Å². The number of ether oxygens (including phenoxy) is 2. The van der Waals surface area contributed by atoms with Crippen LogP contribution in [0.3, 0.4) is 0 Å². The lowest BCUT2D eigenvalue weighted by Crippen LogP contribution is -2.15.